The lowest BCUT2D eigenvalue weighted by Gasteiger charge is -2.19. The van der Waals surface area contributed by atoms with Crippen LogP contribution < -0.4 is 15.2 Å². The fourth-order valence-corrected chi connectivity index (χ4v) is 1.98. The van der Waals surface area contributed by atoms with E-state index in [4.69, 9.17) is 20.3 Å². The maximum Gasteiger partial charge on any atom is 0.305 e. The zero-order valence-corrected chi connectivity index (χ0v) is 11.8. The summed E-state index contributed by atoms with van der Waals surface area (Å²) in [5.41, 5.74) is 7.56. The van der Waals surface area contributed by atoms with Crippen molar-refractivity contribution in [2.75, 3.05) is 14.2 Å². The Labute approximate surface area is 113 Å². The Morgan fingerprint density at radius 2 is 1.68 bits per heavy atom. The van der Waals surface area contributed by atoms with Crippen LogP contribution in [-0.4, -0.2) is 25.3 Å². The molecule has 19 heavy (non-hydrogen) atoms. The van der Waals surface area contributed by atoms with E-state index in [1.807, 2.05) is 19.9 Å². The number of aliphatic carboxylic acids is 1. The summed E-state index contributed by atoms with van der Waals surface area (Å²) in [7, 11) is 3.13. The summed E-state index contributed by atoms with van der Waals surface area (Å²) in [4.78, 5) is 10.8. The largest absolute Gasteiger partial charge is 0.496 e. The van der Waals surface area contributed by atoms with E-state index >= 15 is 0 Å². The number of carboxylic acid groups (broad SMARTS) is 1. The molecule has 0 saturated heterocycles. The molecule has 1 aromatic carbocycles. The number of carboxylic acids is 1. The Bertz CT molecular complexity index is 457. The summed E-state index contributed by atoms with van der Waals surface area (Å²) in [5.74, 6) is 0.625. The van der Waals surface area contributed by atoms with Crippen LogP contribution in [0, 0.1) is 0 Å². The SMILES string of the molecule is COc1cc(C(N)CC(=O)O)c(OC)cc1C(C)C. The van der Waals surface area contributed by atoms with E-state index < -0.39 is 12.0 Å². The second-order valence-electron chi connectivity index (χ2n) is 4.70. The molecule has 0 aliphatic rings. The predicted molar refractivity (Wildman–Crippen MR) is 72.8 cm³/mol. The van der Waals surface area contributed by atoms with E-state index in [1.165, 1.54) is 0 Å². The number of ether oxygens (including phenoxy) is 2. The van der Waals surface area contributed by atoms with Gasteiger partial charge in [-0.1, -0.05) is 13.8 Å². The number of hydrogen-bond acceptors (Lipinski definition) is 4. The van der Waals surface area contributed by atoms with Gasteiger partial charge in [-0.05, 0) is 18.1 Å². The second kappa shape index (κ2) is 6.43. The van der Waals surface area contributed by atoms with Crippen LogP contribution in [0.4, 0.5) is 0 Å². The number of benzene rings is 1. The molecule has 0 bridgehead atoms. The predicted octanol–water partition coefficient (Wildman–Crippen LogP) is 2.30. The average molecular weight is 267 g/mol. The third-order valence-corrected chi connectivity index (χ3v) is 3.00. The Kier molecular flexibility index (Phi) is 5.18. The van der Waals surface area contributed by atoms with E-state index in [2.05, 4.69) is 0 Å². The summed E-state index contributed by atoms with van der Waals surface area (Å²) in [5, 5.41) is 8.83. The summed E-state index contributed by atoms with van der Waals surface area (Å²) >= 11 is 0. The molecular formula is C14H21NO4. The third-order valence-electron chi connectivity index (χ3n) is 3.00. The minimum atomic E-state index is -0.943. The van der Waals surface area contributed by atoms with E-state index in [-0.39, 0.29) is 12.3 Å². The van der Waals surface area contributed by atoms with Crippen LogP contribution in [0.15, 0.2) is 12.1 Å². The molecule has 0 aliphatic carbocycles. The van der Waals surface area contributed by atoms with Gasteiger partial charge in [0.15, 0.2) is 0 Å². The van der Waals surface area contributed by atoms with Gasteiger partial charge in [-0.15, -0.1) is 0 Å². The second-order valence-corrected chi connectivity index (χ2v) is 4.70. The highest BCUT2D eigenvalue weighted by Gasteiger charge is 2.19. The highest BCUT2D eigenvalue weighted by atomic mass is 16.5. The number of hydrogen-bond donors (Lipinski definition) is 2. The molecule has 5 nitrogen and oxygen atoms in total. The smallest absolute Gasteiger partial charge is 0.305 e. The lowest BCUT2D eigenvalue weighted by molar-refractivity contribution is -0.137. The van der Waals surface area contributed by atoms with Crippen LogP contribution in [0.25, 0.3) is 0 Å². The van der Waals surface area contributed by atoms with Gasteiger partial charge in [-0.25, -0.2) is 0 Å². The van der Waals surface area contributed by atoms with Crippen LogP contribution >= 0.6 is 0 Å². The summed E-state index contributed by atoms with van der Waals surface area (Å²) < 4.78 is 10.7. The molecule has 0 aromatic heterocycles. The van der Waals surface area contributed by atoms with E-state index in [1.54, 1.807) is 20.3 Å². The number of rotatable bonds is 6. The molecule has 0 aliphatic heterocycles. The van der Waals surface area contributed by atoms with Crippen LogP contribution in [-0.2, 0) is 4.79 Å². The highest BCUT2D eigenvalue weighted by Crippen LogP contribution is 2.36. The van der Waals surface area contributed by atoms with Gasteiger partial charge in [-0.3, -0.25) is 4.79 Å². The van der Waals surface area contributed by atoms with Gasteiger partial charge in [0.1, 0.15) is 11.5 Å². The molecule has 0 spiro atoms. The van der Waals surface area contributed by atoms with Gasteiger partial charge >= 0.3 is 5.97 Å². The van der Waals surface area contributed by atoms with E-state index in [0.717, 1.165) is 5.56 Å². The summed E-state index contributed by atoms with van der Waals surface area (Å²) in [6.07, 6.45) is -0.152. The standard InChI is InChI=1S/C14H21NO4/c1-8(2)9-5-13(19-4)10(6-12(9)18-3)11(15)7-14(16)17/h5-6,8,11H,7,15H2,1-4H3,(H,16,17). The zero-order valence-electron chi connectivity index (χ0n) is 11.8. The first kappa shape index (κ1) is 15.3. The molecule has 1 atom stereocenters. The molecule has 0 saturated carbocycles. The topological polar surface area (TPSA) is 81.8 Å². The van der Waals surface area contributed by atoms with Gasteiger partial charge in [0.2, 0.25) is 0 Å². The van der Waals surface area contributed by atoms with Gasteiger partial charge < -0.3 is 20.3 Å². The van der Waals surface area contributed by atoms with Gasteiger partial charge in [0.25, 0.3) is 0 Å². The molecule has 0 amide bonds. The number of methoxy groups -OCH3 is 2. The van der Waals surface area contributed by atoms with Crippen molar-refractivity contribution in [3.05, 3.63) is 23.3 Å². The normalized spacial score (nSPS) is 12.3. The Morgan fingerprint density at radius 3 is 2.11 bits per heavy atom. The first-order chi connectivity index (χ1) is 8.90. The van der Waals surface area contributed by atoms with Gasteiger partial charge in [0.05, 0.1) is 20.6 Å². The fourth-order valence-electron chi connectivity index (χ4n) is 1.98. The van der Waals surface area contributed by atoms with Crippen molar-refractivity contribution in [1.82, 2.24) is 0 Å². The summed E-state index contributed by atoms with van der Waals surface area (Å²) in [6, 6.07) is 3.00. The number of nitrogens with two attached hydrogens (primary N) is 1. The third kappa shape index (κ3) is 3.61. The van der Waals surface area contributed by atoms with Gasteiger partial charge in [0, 0.05) is 17.2 Å². The van der Waals surface area contributed by atoms with Crippen molar-refractivity contribution in [1.29, 1.82) is 0 Å². The van der Waals surface area contributed by atoms with Crippen LogP contribution in [0.5, 0.6) is 11.5 Å². The molecule has 0 radical (unpaired) electrons. The molecule has 0 heterocycles. The Hall–Kier alpha value is -1.75. The first-order valence-electron chi connectivity index (χ1n) is 6.13. The Morgan fingerprint density at radius 1 is 1.21 bits per heavy atom. The highest BCUT2D eigenvalue weighted by molar-refractivity contribution is 5.68. The maximum absolute atomic E-state index is 10.8. The lowest BCUT2D eigenvalue weighted by atomic mass is 9.95. The minimum absolute atomic E-state index is 0.152. The molecule has 5 heteroatoms. The van der Waals surface area contributed by atoms with Crippen LogP contribution in [0.2, 0.25) is 0 Å². The zero-order chi connectivity index (χ0) is 14.6. The van der Waals surface area contributed by atoms with Crippen molar-refractivity contribution < 1.29 is 19.4 Å². The molecule has 1 aromatic rings. The lowest BCUT2D eigenvalue weighted by Crippen LogP contribution is -2.16. The van der Waals surface area contributed by atoms with Crippen molar-refractivity contribution >= 4 is 5.97 Å². The monoisotopic (exact) mass is 267 g/mol. The van der Waals surface area contributed by atoms with E-state index in [9.17, 15) is 4.79 Å². The van der Waals surface area contributed by atoms with Crippen molar-refractivity contribution in [2.45, 2.75) is 32.2 Å². The minimum Gasteiger partial charge on any atom is -0.496 e. The van der Waals surface area contributed by atoms with Crippen molar-refractivity contribution in [3.8, 4) is 11.5 Å². The fraction of sp³-hybridized carbons (Fsp3) is 0.500. The van der Waals surface area contributed by atoms with Gasteiger partial charge in [-0.2, -0.15) is 0 Å². The van der Waals surface area contributed by atoms with Crippen molar-refractivity contribution in [2.24, 2.45) is 5.73 Å². The van der Waals surface area contributed by atoms with Crippen LogP contribution in [0.3, 0.4) is 0 Å². The molecule has 0 fully saturated rings. The average Bonchev–Trinajstić information content (AvgIpc) is 2.35. The van der Waals surface area contributed by atoms with Crippen molar-refractivity contribution in [3.63, 3.8) is 0 Å². The summed E-state index contributed by atoms with van der Waals surface area (Å²) in [6.45, 7) is 4.10. The quantitative estimate of drug-likeness (QED) is 0.826. The molecule has 3 N–H and O–H groups in total. The van der Waals surface area contributed by atoms with Crippen LogP contribution in [0.1, 0.15) is 43.4 Å². The van der Waals surface area contributed by atoms with E-state index in [0.29, 0.717) is 17.1 Å². The Balaban J connectivity index is 3.27. The molecule has 106 valence electrons. The molecular weight excluding hydrogens is 246 g/mol. The first-order valence-corrected chi connectivity index (χ1v) is 6.13. The molecule has 1 rings (SSSR count). The number of carbonyl (C=O) groups is 1. The molecule has 1 unspecified atom stereocenters. The maximum atomic E-state index is 10.8.